The predicted octanol–water partition coefficient (Wildman–Crippen LogP) is -0.0170. The van der Waals surface area contributed by atoms with Crippen molar-refractivity contribution in [2.24, 2.45) is 12.8 Å². The number of carbonyl (C=O) groups excluding carboxylic acids is 1. The first-order valence-electron chi connectivity index (χ1n) is 3.94. The number of nitrogens with zero attached hydrogens (tertiary/aromatic N) is 2. The summed E-state index contributed by atoms with van der Waals surface area (Å²) in [5.74, 6) is 0.362. The Morgan fingerprint density at radius 3 is 3.00 bits per heavy atom. The van der Waals surface area contributed by atoms with Gasteiger partial charge < -0.3 is 15.0 Å². The molecule has 5 nitrogen and oxygen atoms in total. The molecule has 1 aromatic heterocycles. The molecule has 0 fully saturated rings. The number of esters is 1. The van der Waals surface area contributed by atoms with Crippen LogP contribution >= 0.6 is 0 Å². The lowest BCUT2D eigenvalue weighted by Gasteiger charge is -2.09. The van der Waals surface area contributed by atoms with E-state index >= 15 is 0 Å². The van der Waals surface area contributed by atoms with E-state index in [2.05, 4.69) is 9.72 Å². The van der Waals surface area contributed by atoms with Gasteiger partial charge in [0.25, 0.3) is 0 Å². The molecule has 0 unspecified atom stereocenters. The fourth-order valence-corrected chi connectivity index (χ4v) is 1.09. The van der Waals surface area contributed by atoms with Crippen molar-refractivity contribution in [1.82, 2.24) is 9.55 Å². The average molecular weight is 183 g/mol. The summed E-state index contributed by atoms with van der Waals surface area (Å²) in [5.41, 5.74) is 5.73. The number of rotatable bonds is 3. The van der Waals surface area contributed by atoms with Gasteiger partial charge in [-0.1, -0.05) is 0 Å². The van der Waals surface area contributed by atoms with Crippen molar-refractivity contribution in [1.29, 1.82) is 0 Å². The van der Waals surface area contributed by atoms with Crippen LogP contribution in [-0.2, 0) is 16.6 Å². The molecule has 1 aromatic rings. The van der Waals surface area contributed by atoms with E-state index in [4.69, 9.17) is 5.73 Å². The zero-order valence-corrected chi connectivity index (χ0v) is 7.73. The maximum Gasteiger partial charge on any atom is 0.307 e. The van der Waals surface area contributed by atoms with Gasteiger partial charge in [0, 0.05) is 19.4 Å². The van der Waals surface area contributed by atoms with Crippen molar-refractivity contribution in [2.75, 3.05) is 7.11 Å². The summed E-state index contributed by atoms with van der Waals surface area (Å²) in [7, 11) is 3.17. The number of nitrogens with two attached hydrogens (primary N) is 1. The number of aryl methyl sites for hydroxylation is 1. The third-order valence-electron chi connectivity index (χ3n) is 1.80. The summed E-state index contributed by atoms with van der Waals surface area (Å²) in [6.07, 6.45) is 3.58. The number of ether oxygens (including phenoxy) is 1. The predicted molar refractivity (Wildman–Crippen MR) is 46.8 cm³/mol. The molecule has 1 atom stereocenters. The zero-order chi connectivity index (χ0) is 9.84. The van der Waals surface area contributed by atoms with Crippen molar-refractivity contribution in [3.8, 4) is 0 Å². The van der Waals surface area contributed by atoms with Gasteiger partial charge in [0.05, 0.1) is 19.6 Å². The van der Waals surface area contributed by atoms with E-state index in [9.17, 15) is 4.79 Å². The van der Waals surface area contributed by atoms with Crippen LogP contribution in [0, 0.1) is 0 Å². The molecular weight excluding hydrogens is 170 g/mol. The minimum absolute atomic E-state index is 0.154. The van der Waals surface area contributed by atoms with Crippen LogP contribution in [0.15, 0.2) is 12.4 Å². The van der Waals surface area contributed by atoms with E-state index in [0.29, 0.717) is 5.82 Å². The number of hydrogen-bond donors (Lipinski definition) is 1. The second-order valence-corrected chi connectivity index (χ2v) is 2.78. The average Bonchev–Trinajstić information content (AvgIpc) is 2.51. The Morgan fingerprint density at radius 1 is 1.85 bits per heavy atom. The molecule has 5 heteroatoms. The lowest BCUT2D eigenvalue weighted by atomic mass is 10.2. The van der Waals surface area contributed by atoms with Crippen molar-refractivity contribution in [3.63, 3.8) is 0 Å². The quantitative estimate of drug-likeness (QED) is 0.669. The van der Waals surface area contributed by atoms with Gasteiger partial charge in [-0.25, -0.2) is 4.98 Å². The first kappa shape index (κ1) is 9.73. The molecule has 0 aliphatic rings. The highest BCUT2D eigenvalue weighted by Gasteiger charge is 2.15. The third kappa shape index (κ3) is 2.29. The highest BCUT2D eigenvalue weighted by molar-refractivity contribution is 5.70. The number of carbonyl (C=O) groups is 1. The van der Waals surface area contributed by atoms with Gasteiger partial charge in [-0.15, -0.1) is 0 Å². The fraction of sp³-hybridized carbons (Fsp3) is 0.500. The molecule has 0 saturated carbocycles. The molecule has 13 heavy (non-hydrogen) atoms. The Balaban J connectivity index is 2.63. The van der Waals surface area contributed by atoms with Gasteiger partial charge in [-0.05, 0) is 0 Å². The summed E-state index contributed by atoms with van der Waals surface area (Å²) >= 11 is 0. The van der Waals surface area contributed by atoms with Gasteiger partial charge in [0.15, 0.2) is 0 Å². The van der Waals surface area contributed by atoms with Crippen LogP contribution < -0.4 is 5.73 Å². The standard InChI is InChI=1S/C8H13N3O2/c1-11-4-3-10-8(11)6(9)5-7(12)13-2/h3-4,6H,5,9H2,1-2H3/t6-/m1/s1. The molecule has 0 spiro atoms. The van der Waals surface area contributed by atoms with Gasteiger partial charge >= 0.3 is 5.97 Å². The number of imidazole rings is 1. The molecule has 0 aliphatic carbocycles. The van der Waals surface area contributed by atoms with Crippen LogP contribution in [0.3, 0.4) is 0 Å². The number of methoxy groups -OCH3 is 1. The van der Waals surface area contributed by atoms with Crippen molar-refractivity contribution in [2.45, 2.75) is 12.5 Å². The van der Waals surface area contributed by atoms with Gasteiger partial charge in [-0.2, -0.15) is 0 Å². The van der Waals surface area contributed by atoms with E-state index in [-0.39, 0.29) is 12.4 Å². The van der Waals surface area contributed by atoms with E-state index < -0.39 is 6.04 Å². The normalized spacial score (nSPS) is 12.5. The third-order valence-corrected chi connectivity index (χ3v) is 1.80. The van der Waals surface area contributed by atoms with Crippen LogP contribution in [0.1, 0.15) is 18.3 Å². The molecule has 2 N–H and O–H groups in total. The molecule has 72 valence electrons. The van der Waals surface area contributed by atoms with E-state index in [0.717, 1.165) is 0 Å². The van der Waals surface area contributed by atoms with Crippen molar-refractivity contribution in [3.05, 3.63) is 18.2 Å². The molecule has 0 saturated heterocycles. The Hall–Kier alpha value is -1.36. The molecular formula is C8H13N3O2. The van der Waals surface area contributed by atoms with Gasteiger partial charge in [0.2, 0.25) is 0 Å². The minimum atomic E-state index is -0.396. The van der Waals surface area contributed by atoms with Crippen LogP contribution in [0.25, 0.3) is 0 Å². The molecule has 0 radical (unpaired) electrons. The lowest BCUT2D eigenvalue weighted by molar-refractivity contribution is -0.141. The number of hydrogen-bond acceptors (Lipinski definition) is 4. The van der Waals surface area contributed by atoms with Gasteiger partial charge in [-0.3, -0.25) is 4.79 Å². The van der Waals surface area contributed by atoms with Crippen LogP contribution in [0.5, 0.6) is 0 Å². The molecule has 0 amide bonds. The Bertz CT molecular complexity index is 295. The van der Waals surface area contributed by atoms with E-state index in [1.807, 2.05) is 7.05 Å². The molecule has 1 rings (SSSR count). The SMILES string of the molecule is COC(=O)C[C@@H](N)c1nccn1C. The van der Waals surface area contributed by atoms with Gasteiger partial charge in [0.1, 0.15) is 5.82 Å². The summed E-state index contributed by atoms with van der Waals surface area (Å²) in [6.45, 7) is 0. The largest absolute Gasteiger partial charge is 0.469 e. The topological polar surface area (TPSA) is 70.1 Å². The second-order valence-electron chi connectivity index (χ2n) is 2.78. The van der Waals surface area contributed by atoms with Crippen LogP contribution in [0.2, 0.25) is 0 Å². The summed E-state index contributed by atoms with van der Waals surface area (Å²) in [5, 5.41) is 0. The maximum absolute atomic E-state index is 10.9. The molecule has 0 aliphatic heterocycles. The lowest BCUT2D eigenvalue weighted by Crippen LogP contribution is -2.19. The Labute approximate surface area is 76.5 Å². The first-order chi connectivity index (χ1) is 6.15. The van der Waals surface area contributed by atoms with E-state index in [1.165, 1.54) is 7.11 Å². The molecule has 0 bridgehead atoms. The minimum Gasteiger partial charge on any atom is -0.469 e. The van der Waals surface area contributed by atoms with E-state index in [1.54, 1.807) is 17.0 Å². The van der Waals surface area contributed by atoms with Crippen molar-refractivity contribution < 1.29 is 9.53 Å². The monoisotopic (exact) mass is 183 g/mol. The van der Waals surface area contributed by atoms with Crippen LogP contribution in [-0.4, -0.2) is 22.6 Å². The second kappa shape index (κ2) is 4.04. The number of aromatic nitrogens is 2. The molecule has 0 aromatic carbocycles. The highest BCUT2D eigenvalue weighted by atomic mass is 16.5. The zero-order valence-electron chi connectivity index (χ0n) is 7.73. The van der Waals surface area contributed by atoms with Crippen molar-refractivity contribution >= 4 is 5.97 Å². The summed E-state index contributed by atoms with van der Waals surface area (Å²) in [6, 6.07) is -0.396. The Morgan fingerprint density at radius 2 is 2.54 bits per heavy atom. The maximum atomic E-state index is 10.9. The fourth-order valence-electron chi connectivity index (χ4n) is 1.09. The van der Waals surface area contributed by atoms with Crippen LogP contribution in [0.4, 0.5) is 0 Å². The highest BCUT2D eigenvalue weighted by Crippen LogP contribution is 2.10. The first-order valence-corrected chi connectivity index (χ1v) is 3.94. The molecule has 1 heterocycles. The summed E-state index contributed by atoms with van der Waals surface area (Å²) in [4.78, 5) is 14.9. The summed E-state index contributed by atoms with van der Waals surface area (Å²) < 4.78 is 6.29. The smallest absolute Gasteiger partial charge is 0.307 e. The Kier molecular flexibility index (Phi) is 3.02.